The van der Waals surface area contributed by atoms with E-state index in [1.807, 2.05) is 54.6 Å². The number of sulfonamides is 1. The van der Waals surface area contributed by atoms with E-state index in [4.69, 9.17) is 11.6 Å². The molecule has 1 aliphatic rings. The molecule has 0 aromatic heterocycles. The minimum Gasteiger partial charge on any atom is -0.352 e. The van der Waals surface area contributed by atoms with Gasteiger partial charge in [-0.1, -0.05) is 107 Å². The lowest BCUT2D eigenvalue weighted by Gasteiger charge is -2.35. The Kier molecular flexibility index (Phi) is 11.5. The van der Waals surface area contributed by atoms with Crippen LogP contribution in [0, 0.1) is 0 Å². The number of nitrogens with zero attached hydrogens (tertiary/aromatic N) is 2. The highest BCUT2D eigenvalue weighted by atomic mass is 79.9. The quantitative estimate of drug-likeness (QED) is 0.165. The summed E-state index contributed by atoms with van der Waals surface area (Å²) in [6.45, 7) is -0.404. The number of hydrogen-bond acceptors (Lipinski definition) is 4. The Bertz CT molecular complexity index is 1700. The SMILES string of the molecule is O=C(NC1CCCCC1)[C@H](Cc1ccccc1)N(Cc1ccc(Br)cc1)C(=O)CN(c1ccc(Cl)cc1)S(=O)(=O)c1ccccc1. The molecule has 2 amide bonds. The summed E-state index contributed by atoms with van der Waals surface area (Å²) >= 11 is 9.62. The molecule has 4 aromatic carbocycles. The summed E-state index contributed by atoms with van der Waals surface area (Å²) in [7, 11) is -4.17. The first-order valence-electron chi connectivity index (χ1n) is 15.4. The van der Waals surface area contributed by atoms with Gasteiger partial charge in [0.2, 0.25) is 11.8 Å². The molecule has 240 valence electrons. The maximum absolute atomic E-state index is 14.6. The molecule has 0 radical (unpaired) electrons. The number of benzene rings is 4. The van der Waals surface area contributed by atoms with Crippen LogP contribution in [0.2, 0.25) is 5.02 Å². The van der Waals surface area contributed by atoms with Crippen LogP contribution in [0.15, 0.2) is 119 Å². The van der Waals surface area contributed by atoms with Crippen molar-refractivity contribution in [1.29, 1.82) is 0 Å². The van der Waals surface area contributed by atoms with Crippen molar-refractivity contribution in [3.63, 3.8) is 0 Å². The predicted octanol–water partition coefficient (Wildman–Crippen LogP) is 7.39. The van der Waals surface area contributed by atoms with E-state index >= 15 is 0 Å². The number of rotatable bonds is 12. The average molecular weight is 723 g/mol. The molecule has 10 heteroatoms. The van der Waals surface area contributed by atoms with E-state index in [9.17, 15) is 18.0 Å². The van der Waals surface area contributed by atoms with Crippen LogP contribution in [-0.4, -0.2) is 43.8 Å². The molecule has 4 aromatic rings. The van der Waals surface area contributed by atoms with Gasteiger partial charge >= 0.3 is 0 Å². The van der Waals surface area contributed by atoms with E-state index in [-0.39, 0.29) is 35.5 Å². The zero-order valence-electron chi connectivity index (χ0n) is 25.4. The summed E-state index contributed by atoms with van der Waals surface area (Å²) in [5, 5.41) is 3.67. The van der Waals surface area contributed by atoms with Gasteiger partial charge in [-0.3, -0.25) is 13.9 Å². The Morgan fingerprint density at radius 2 is 1.41 bits per heavy atom. The smallest absolute Gasteiger partial charge is 0.264 e. The Hall–Kier alpha value is -3.66. The van der Waals surface area contributed by atoms with E-state index in [0.717, 1.165) is 52.0 Å². The average Bonchev–Trinajstić information content (AvgIpc) is 3.07. The highest BCUT2D eigenvalue weighted by molar-refractivity contribution is 9.10. The van der Waals surface area contributed by atoms with Gasteiger partial charge in [0, 0.05) is 28.5 Å². The van der Waals surface area contributed by atoms with Crippen molar-refractivity contribution in [2.24, 2.45) is 0 Å². The minimum absolute atomic E-state index is 0.0354. The Balaban J connectivity index is 1.55. The van der Waals surface area contributed by atoms with Crippen molar-refractivity contribution in [1.82, 2.24) is 10.2 Å². The van der Waals surface area contributed by atoms with Gasteiger partial charge in [0.25, 0.3) is 10.0 Å². The van der Waals surface area contributed by atoms with Crippen LogP contribution in [0.5, 0.6) is 0 Å². The van der Waals surface area contributed by atoms with Crippen LogP contribution in [0.1, 0.15) is 43.2 Å². The van der Waals surface area contributed by atoms with Crippen molar-refractivity contribution >= 4 is 55.1 Å². The van der Waals surface area contributed by atoms with Gasteiger partial charge in [-0.15, -0.1) is 0 Å². The summed E-state index contributed by atoms with van der Waals surface area (Å²) in [5.74, 6) is -0.748. The third kappa shape index (κ3) is 8.78. The summed E-state index contributed by atoms with van der Waals surface area (Å²) < 4.78 is 30.1. The first-order chi connectivity index (χ1) is 22.2. The van der Waals surface area contributed by atoms with E-state index < -0.39 is 28.5 Å². The minimum atomic E-state index is -4.17. The van der Waals surface area contributed by atoms with Gasteiger partial charge < -0.3 is 10.2 Å². The van der Waals surface area contributed by atoms with E-state index in [0.29, 0.717) is 5.02 Å². The molecule has 1 N–H and O–H groups in total. The molecule has 46 heavy (non-hydrogen) atoms. The molecular formula is C36H37BrClN3O4S. The Morgan fingerprint density at radius 1 is 0.804 bits per heavy atom. The fourth-order valence-corrected chi connectivity index (χ4v) is 7.57. The predicted molar refractivity (Wildman–Crippen MR) is 186 cm³/mol. The van der Waals surface area contributed by atoms with Crippen molar-refractivity contribution in [2.45, 2.75) is 62.0 Å². The number of carbonyl (C=O) groups is 2. The first-order valence-corrected chi connectivity index (χ1v) is 18.0. The molecule has 5 rings (SSSR count). The topological polar surface area (TPSA) is 86.8 Å². The number of carbonyl (C=O) groups excluding carboxylic acids is 2. The van der Waals surface area contributed by atoms with Crippen molar-refractivity contribution in [3.8, 4) is 0 Å². The lowest BCUT2D eigenvalue weighted by Crippen LogP contribution is -2.55. The second-order valence-corrected chi connectivity index (χ2v) is 14.7. The molecule has 1 atom stereocenters. The fraction of sp³-hybridized carbons (Fsp3) is 0.278. The number of hydrogen-bond donors (Lipinski definition) is 1. The fourth-order valence-electron chi connectivity index (χ4n) is 5.74. The van der Waals surface area contributed by atoms with Crippen molar-refractivity contribution in [2.75, 3.05) is 10.8 Å². The van der Waals surface area contributed by atoms with Crippen LogP contribution in [-0.2, 0) is 32.6 Å². The lowest BCUT2D eigenvalue weighted by atomic mass is 9.94. The van der Waals surface area contributed by atoms with Gasteiger partial charge in [-0.25, -0.2) is 8.42 Å². The highest BCUT2D eigenvalue weighted by Gasteiger charge is 2.35. The zero-order chi connectivity index (χ0) is 32.5. The molecular weight excluding hydrogens is 686 g/mol. The van der Waals surface area contributed by atoms with Crippen LogP contribution >= 0.6 is 27.5 Å². The lowest BCUT2D eigenvalue weighted by molar-refractivity contribution is -0.140. The number of nitrogens with one attached hydrogen (secondary N) is 1. The molecule has 0 saturated heterocycles. The summed E-state index contributed by atoms with van der Waals surface area (Å²) in [6, 6.07) is 30.6. The zero-order valence-corrected chi connectivity index (χ0v) is 28.6. The summed E-state index contributed by atoms with van der Waals surface area (Å²) in [6.07, 6.45) is 5.29. The number of anilines is 1. The van der Waals surface area contributed by atoms with Gasteiger partial charge in [-0.2, -0.15) is 0 Å². The van der Waals surface area contributed by atoms with Gasteiger partial charge in [0.05, 0.1) is 10.6 Å². The van der Waals surface area contributed by atoms with Crippen molar-refractivity contribution in [3.05, 3.63) is 130 Å². The van der Waals surface area contributed by atoms with Gasteiger partial charge in [0.1, 0.15) is 12.6 Å². The van der Waals surface area contributed by atoms with Gasteiger partial charge in [0.15, 0.2) is 0 Å². The summed E-state index contributed by atoms with van der Waals surface area (Å²) in [4.78, 5) is 30.3. The Morgan fingerprint density at radius 3 is 2.04 bits per heavy atom. The largest absolute Gasteiger partial charge is 0.352 e. The van der Waals surface area contributed by atoms with Gasteiger partial charge in [-0.05, 0) is 72.5 Å². The molecule has 0 unspecified atom stereocenters. The summed E-state index contributed by atoms with van der Waals surface area (Å²) in [5.41, 5.74) is 1.99. The monoisotopic (exact) mass is 721 g/mol. The van der Waals surface area contributed by atoms with E-state index in [1.54, 1.807) is 42.5 Å². The first kappa shape index (κ1) is 33.7. The highest BCUT2D eigenvalue weighted by Crippen LogP contribution is 2.27. The molecule has 0 bridgehead atoms. The third-order valence-electron chi connectivity index (χ3n) is 8.21. The normalized spacial score (nSPS) is 14.3. The molecule has 0 heterocycles. The standard InChI is InChI=1S/C36H37BrClN3O4S/c37-29-18-16-28(17-19-29)25-40(34(24-27-10-4-1-5-11-27)36(43)39-31-12-6-2-7-13-31)35(42)26-41(32-22-20-30(38)21-23-32)46(44,45)33-14-8-3-9-15-33/h1,3-5,8-11,14-23,31,34H,2,6-7,12-13,24-26H2,(H,39,43)/t34-/m0/s1. The molecule has 0 aliphatic heterocycles. The van der Waals surface area contributed by atoms with Crippen molar-refractivity contribution < 1.29 is 18.0 Å². The second kappa shape index (κ2) is 15.8. The van der Waals surface area contributed by atoms with Crippen LogP contribution in [0.4, 0.5) is 5.69 Å². The molecule has 0 spiro atoms. The maximum atomic E-state index is 14.6. The Labute approximate surface area is 284 Å². The van der Waals surface area contributed by atoms with E-state index in [1.165, 1.54) is 17.0 Å². The molecule has 1 fully saturated rings. The maximum Gasteiger partial charge on any atom is 0.264 e. The van der Waals surface area contributed by atoms with Crippen LogP contribution in [0.25, 0.3) is 0 Å². The second-order valence-electron chi connectivity index (χ2n) is 11.5. The molecule has 7 nitrogen and oxygen atoms in total. The third-order valence-corrected chi connectivity index (χ3v) is 10.8. The number of amides is 2. The van der Waals surface area contributed by atoms with Crippen LogP contribution in [0.3, 0.4) is 0 Å². The molecule has 1 aliphatic carbocycles. The molecule has 1 saturated carbocycles. The van der Waals surface area contributed by atoms with E-state index in [2.05, 4.69) is 21.2 Å². The van der Waals surface area contributed by atoms with Crippen LogP contribution < -0.4 is 9.62 Å². The number of halogens is 2.